The van der Waals surface area contributed by atoms with Crippen LogP contribution in [0.15, 0.2) is 84.2 Å². The van der Waals surface area contributed by atoms with Crippen LogP contribution < -0.4 is 5.56 Å². The monoisotopic (exact) mass is 410 g/mol. The van der Waals surface area contributed by atoms with Gasteiger partial charge in [0.15, 0.2) is 0 Å². The summed E-state index contributed by atoms with van der Waals surface area (Å²) in [6, 6.07) is 16.1. The molecule has 0 aliphatic rings. The highest BCUT2D eigenvalue weighted by molar-refractivity contribution is 5.73. The number of imidazole rings is 1. The number of rotatable bonds is 4. The van der Waals surface area contributed by atoms with Gasteiger partial charge < -0.3 is 4.98 Å². The van der Waals surface area contributed by atoms with E-state index in [2.05, 4.69) is 15.0 Å². The highest BCUT2D eigenvalue weighted by Crippen LogP contribution is 2.27. The second-order valence-corrected chi connectivity index (χ2v) is 7.32. The minimum absolute atomic E-state index is 0.0509. The second kappa shape index (κ2) is 7.65. The van der Waals surface area contributed by atoms with Crippen LogP contribution in [0, 0.1) is 5.82 Å². The molecule has 5 nitrogen and oxygen atoms in total. The average Bonchev–Trinajstić information content (AvgIpc) is 3.23. The highest BCUT2D eigenvalue weighted by Gasteiger charge is 2.10. The Bertz CT molecular complexity index is 1450. The summed E-state index contributed by atoms with van der Waals surface area (Å²) < 4.78 is 15.3. The molecule has 4 heterocycles. The Kier molecular flexibility index (Phi) is 4.67. The molecule has 1 aromatic carbocycles. The van der Waals surface area contributed by atoms with Crippen molar-refractivity contribution in [3.8, 4) is 33.6 Å². The first-order chi connectivity index (χ1) is 15.1. The van der Waals surface area contributed by atoms with Crippen molar-refractivity contribution in [1.82, 2.24) is 19.4 Å². The number of halogens is 1. The van der Waals surface area contributed by atoms with E-state index in [1.807, 2.05) is 54.0 Å². The van der Waals surface area contributed by atoms with Gasteiger partial charge in [-0.25, -0.2) is 9.37 Å². The lowest BCUT2D eigenvalue weighted by Crippen LogP contribution is -2.10. The summed E-state index contributed by atoms with van der Waals surface area (Å²) in [5, 5.41) is 0. The second-order valence-electron chi connectivity index (χ2n) is 7.32. The number of hydrogen-bond acceptors (Lipinski definition) is 3. The van der Waals surface area contributed by atoms with Crippen molar-refractivity contribution in [1.29, 1.82) is 0 Å². The Balaban J connectivity index is 1.54. The zero-order chi connectivity index (χ0) is 21.4. The summed E-state index contributed by atoms with van der Waals surface area (Å²) in [6.45, 7) is 1.97. The van der Waals surface area contributed by atoms with Gasteiger partial charge in [0, 0.05) is 35.3 Å². The third-order valence-electron chi connectivity index (χ3n) is 5.40. The number of aryl methyl sites for hydroxylation is 1. The molecule has 0 atom stereocenters. The van der Waals surface area contributed by atoms with Crippen molar-refractivity contribution in [3.05, 3.63) is 101 Å². The van der Waals surface area contributed by atoms with E-state index in [0.29, 0.717) is 6.42 Å². The summed E-state index contributed by atoms with van der Waals surface area (Å²) in [5.74, 6) is -0.272. The number of nitrogens with zero attached hydrogens (tertiary/aromatic N) is 3. The van der Waals surface area contributed by atoms with Gasteiger partial charge in [-0.15, -0.1) is 0 Å². The Morgan fingerprint density at radius 1 is 0.935 bits per heavy atom. The van der Waals surface area contributed by atoms with Gasteiger partial charge in [0.05, 0.1) is 17.6 Å². The van der Waals surface area contributed by atoms with Crippen LogP contribution in [0.5, 0.6) is 0 Å². The van der Waals surface area contributed by atoms with Crippen molar-refractivity contribution in [2.75, 3.05) is 0 Å². The molecule has 4 aromatic heterocycles. The predicted octanol–water partition coefficient (Wildman–Crippen LogP) is 5.12. The molecular weight excluding hydrogens is 391 g/mol. The molecule has 0 unspecified atom stereocenters. The Morgan fingerprint density at radius 2 is 1.77 bits per heavy atom. The van der Waals surface area contributed by atoms with Crippen LogP contribution in [0.1, 0.15) is 12.5 Å². The van der Waals surface area contributed by atoms with E-state index in [1.54, 1.807) is 24.5 Å². The van der Waals surface area contributed by atoms with E-state index in [1.165, 1.54) is 12.1 Å². The molecule has 0 amide bonds. The minimum Gasteiger partial charge on any atom is -0.328 e. The van der Waals surface area contributed by atoms with Crippen LogP contribution in [-0.2, 0) is 6.42 Å². The van der Waals surface area contributed by atoms with E-state index in [9.17, 15) is 9.18 Å². The van der Waals surface area contributed by atoms with Crippen molar-refractivity contribution in [2.45, 2.75) is 13.3 Å². The third kappa shape index (κ3) is 3.53. The zero-order valence-corrected chi connectivity index (χ0v) is 16.8. The summed E-state index contributed by atoms with van der Waals surface area (Å²) in [7, 11) is 0. The molecule has 6 heteroatoms. The predicted molar refractivity (Wildman–Crippen MR) is 119 cm³/mol. The van der Waals surface area contributed by atoms with Crippen LogP contribution in [-0.4, -0.2) is 19.4 Å². The fraction of sp³-hybridized carbons (Fsp3) is 0.0800. The SMILES string of the molecule is CCc1cc(-c2ccn3c(-c4ccnc(-c5ccc(F)cc5)c4)cnc3c2)c[nH]c1=O. The summed E-state index contributed by atoms with van der Waals surface area (Å²) in [6.07, 6.45) is 7.95. The number of benzene rings is 1. The minimum atomic E-state index is -0.272. The number of hydrogen-bond donors (Lipinski definition) is 1. The van der Waals surface area contributed by atoms with Crippen molar-refractivity contribution < 1.29 is 4.39 Å². The van der Waals surface area contributed by atoms with Gasteiger partial charge in [-0.3, -0.25) is 14.2 Å². The Hall–Kier alpha value is -4.06. The van der Waals surface area contributed by atoms with Crippen molar-refractivity contribution in [2.24, 2.45) is 0 Å². The van der Waals surface area contributed by atoms with Crippen LogP contribution in [0.25, 0.3) is 39.3 Å². The molecule has 0 spiro atoms. The molecule has 152 valence electrons. The van der Waals surface area contributed by atoms with Gasteiger partial charge in [-0.1, -0.05) is 6.92 Å². The first-order valence-electron chi connectivity index (χ1n) is 10.0. The van der Waals surface area contributed by atoms with Gasteiger partial charge in [-0.05, 0) is 72.1 Å². The first-order valence-corrected chi connectivity index (χ1v) is 10.0. The summed E-state index contributed by atoms with van der Waals surface area (Å²) in [5.41, 5.74) is 6.96. The summed E-state index contributed by atoms with van der Waals surface area (Å²) in [4.78, 5) is 23.7. The topological polar surface area (TPSA) is 63.1 Å². The first kappa shape index (κ1) is 18.9. The Morgan fingerprint density at radius 3 is 2.58 bits per heavy atom. The lowest BCUT2D eigenvalue weighted by atomic mass is 10.1. The number of H-pyrrole nitrogens is 1. The number of aromatic amines is 1. The number of pyridine rings is 3. The number of nitrogens with one attached hydrogen (secondary N) is 1. The van der Waals surface area contributed by atoms with Gasteiger partial charge in [0.25, 0.3) is 5.56 Å². The van der Waals surface area contributed by atoms with Crippen molar-refractivity contribution in [3.63, 3.8) is 0 Å². The van der Waals surface area contributed by atoms with Crippen molar-refractivity contribution >= 4 is 5.65 Å². The smallest absolute Gasteiger partial charge is 0.251 e. The third-order valence-corrected chi connectivity index (χ3v) is 5.40. The quantitative estimate of drug-likeness (QED) is 0.447. The molecule has 0 saturated carbocycles. The maximum Gasteiger partial charge on any atom is 0.251 e. The zero-order valence-electron chi connectivity index (χ0n) is 16.8. The standard InChI is InChI=1S/C25H19FN4O/c1-2-16-11-20(14-29-25(16)31)18-8-10-30-23(15-28-24(30)13-18)19-7-9-27-22(12-19)17-3-5-21(26)6-4-17/h3-15H,2H2,1H3,(H,29,31). The van der Waals surface area contributed by atoms with Gasteiger partial charge >= 0.3 is 0 Å². The van der Waals surface area contributed by atoms with E-state index in [0.717, 1.165) is 44.9 Å². The van der Waals surface area contributed by atoms with E-state index in [-0.39, 0.29) is 11.4 Å². The lowest BCUT2D eigenvalue weighted by Gasteiger charge is -2.07. The van der Waals surface area contributed by atoms with Crippen LogP contribution in [0.3, 0.4) is 0 Å². The van der Waals surface area contributed by atoms with Gasteiger partial charge in [0.2, 0.25) is 0 Å². The largest absolute Gasteiger partial charge is 0.328 e. The molecule has 5 aromatic rings. The molecule has 0 bridgehead atoms. The van der Waals surface area contributed by atoms with E-state index < -0.39 is 0 Å². The maximum atomic E-state index is 13.2. The molecular formula is C25H19FN4O. The fourth-order valence-electron chi connectivity index (χ4n) is 3.70. The molecule has 0 aliphatic carbocycles. The van der Waals surface area contributed by atoms with E-state index in [4.69, 9.17) is 0 Å². The van der Waals surface area contributed by atoms with Crippen LogP contribution in [0.4, 0.5) is 4.39 Å². The Labute approximate surface area is 177 Å². The van der Waals surface area contributed by atoms with E-state index >= 15 is 0 Å². The fourth-order valence-corrected chi connectivity index (χ4v) is 3.70. The average molecular weight is 410 g/mol. The summed E-state index contributed by atoms with van der Waals surface area (Å²) >= 11 is 0. The number of aromatic nitrogens is 4. The normalized spacial score (nSPS) is 11.2. The highest BCUT2D eigenvalue weighted by atomic mass is 19.1. The lowest BCUT2D eigenvalue weighted by molar-refractivity contribution is 0.628. The molecule has 0 saturated heterocycles. The number of fused-ring (bicyclic) bond motifs is 1. The van der Waals surface area contributed by atoms with Gasteiger partial charge in [-0.2, -0.15) is 0 Å². The molecule has 0 radical (unpaired) electrons. The molecule has 0 aliphatic heterocycles. The molecule has 1 N–H and O–H groups in total. The molecule has 5 rings (SSSR count). The molecule has 0 fully saturated rings. The maximum absolute atomic E-state index is 13.2. The van der Waals surface area contributed by atoms with Crippen LogP contribution in [0.2, 0.25) is 0 Å². The van der Waals surface area contributed by atoms with Gasteiger partial charge in [0.1, 0.15) is 11.5 Å². The van der Waals surface area contributed by atoms with Crippen LogP contribution >= 0.6 is 0 Å². The molecule has 31 heavy (non-hydrogen) atoms.